The first-order valence-electron chi connectivity index (χ1n) is 6.43. The molecule has 0 saturated carbocycles. The van der Waals surface area contributed by atoms with Crippen LogP contribution in [0, 0.1) is 6.92 Å². The highest BCUT2D eigenvalue weighted by atomic mass is 16.4. The summed E-state index contributed by atoms with van der Waals surface area (Å²) in [7, 11) is 0. The highest BCUT2D eigenvalue weighted by molar-refractivity contribution is 5.88. The second-order valence-electron chi connectivity index (χ2n) is 5.12. The number of hydrogen-bond acceptors (Lipinski definition) is 4. The molecule has 2 rings (SSSR count). The van der Waals surface area contributed by atoms with Gasteiger partial charge in [-0.1, -0.05) is 29.8 Å². The topological polar surface area (TPSA) is 104 Å². The van der Waals surface area contributed by atoms with Gasteiger partial charge in [-0.3, -0.25) is 4.79 Å². The first-order chi connectivity index (χ1) is 9.40. The van der Waals surface area contributed by atoms with Crippen molar-refractivity contribution in [1.82, 2.24) is 4.90 Å². The Hall–Kier alpha value is -1.92. The molecule has 1 aromatic carbocycles. The van der Waals surface area contributed by atoms with Gasteiger partial charge in [-0.05, 0) is 12.5 Å². The number of carbonyl (C=O) groups is 2. The fourth-order valence-electron chi connectivity index (χ4n) is 2.39. The molecule has 3 unspecified atom stereocenters. The van der Waals surface area contributed by atoms with Crippen molar-refractivity contribution >= 4 is 11.9 Å². The number of nitrogens with two attached hydrogens (primary N) is 1. The summed E-state index contributed by atoms with van der Waals surface area (Å²) in [5.41, 5.74) is 7.59. The monoisotopic (exact) mass is 278 g/mol. The van der Waals surface area contributed by atoms with Crippen LogP contribution in [-0.4, -0.2) is 45.7 Å². The van der Waals surface area contributed by atoms with E-state index in [9.17, 15) is 14.7 Å². The van der Waals surface area contributed by atoms with Gasteiger partial charge < -0.3 is 20.8 Å². The minimum atomic E-state index is -1.12. The molecule has 6 nitrogen and oxygen atoms in total. The lowest BCUT2D eigenvalue weighted by Crippen LogP contribution is -2.45. The number of carboxylic acids is 1. The Bertz CT molecular complexity index is 514. The zero-order chi connectivity index (χ0) is 14.9. The van der Waals surface area contributed by atoms with Crippen LogP contribution in [-0.2, 0) is 9.59 Å². The molecule has 1 aliphatic heterocycles. The number of aliphatic hydroxyl groups excluding tert-OH is 1. The van der Waals surface area contributed by atoms with Gasteiger partial charge in [-0.25, -0.2) is 4.79 Å². The molecular formula is C14H18N2O4. The van der Waals surface area contributed by atoms with Gasteiger partial charge in [0.05, 0.1) is 6.10 Å². The van der Waals surface area contributed by atoms with E-state index in [0.29, 0.717) is 5.56 Å². The minimum absolute atomic E-state index is 0.00929. The summed E-state index contributed by atoms with van der Waals surface area (Å²) in [6.07, 6.45) is -0.771. The van der Waals surface area contributed by atoms with E-state index in [-0.39, 0.29) is 13.0 Å². The molecule has 20 heavy (non-hydrogen) atoms. The number of aliphatic carboxylic acids is 1. The number of aliphatic hydroxyl groups is 1. The molecule has 108 valence electrons. The van der Waals surface area contributed by atoms with E-state index < -0.39 is 30.1 Å². The van der Waals surface area contributed by atoms with Crippen LogP contribution in [0.3, 0.4) is 0 Å². The summed E-state index contributed by atoms with van der Waals surface area (Å²) < 4.78 is 0. The fourth-order valence-corrected chi connectivity index (χ4v) is 2.39. The Morgan fingerprint density at radius 3 is 2.50 bits per heavy atom. The molecule has 1 aliphatic rings. The molecule has 0 aromatic heterocycles. The lowest BCUT2D eigenvalue weighted by Gasteiger charge is -2.24. The van der Waals surface area contributed by atoms with Crippen LogP contribution in [0.2, 0.25) is 0 Å². The normalized spacial score (nSPS) is 23.6. The number of aryl methyl sites for hydroxylation is 1. The molecule has 3 atom stereocenters. The molecule has 1 aromatic rings. The average Bonchev–Trinajstić information content (AvgIpc) is 2.80. The van der Waals surface area contributed by atoms with Gasteiger partial charge >= 0.3 is 5.97 Å². The maximum absolute atomic E-state index is 12.3. The molecule has 0 spiro atoms. The summed E-state index contributed by atoms with van der Waals surface area (Å²) in [4.78, 5) is 24.6. The predicted octanol–water partition coefficient (Wildman–Crippen LogP) is 0.0412. The third-order valence-electron chi connectivity index (χ3n) is 3.55. The number of β-amino-alcohol motifs (C(OH)–C–C–N with tert-alkyl or cyclic N) is 1. The maximum atomic E-state index is 12.3. The molecule has 4 N–H and O–H groups in total. The van der Waals surface area contributed by atoms with Gasteiger partial charge in [-0.2, -0.15) is 0 Å². The first-order valence-corrected chi connectivity index (χ1v) is 6.43. The molecule has 1 fully saturated rings. The summed E-state index contributed by atoms with van der Waals surface area (Å²) >= 11 is 0. The SMILES string of the molecule is Cc1ccc(C(N)C(=O)N2CC(O)CC2C(=O)O)cc1. The van der Waals surface area contributed by atoms with Gasteiger partial charge in [0.25, 0.3) is 0 Å². The Balaban J connectivity index is 2.17. The van der Waals surface area contributed by atoms with Crippen LogP contribution < -0.4 is 5.73 Å². The van der Waals surface area contributed by atoms with E-state index in [1.807, 2.05) is 19.1 Å². The zero-order valence-corrected chi connectivity index (χ0v) is 11.2. The van der Waals surface area contributed by atoms with Gasteiger partial charge in [0.1, 0.15) is 12.1 Å². The highest BCUT2D eigenvalue weighted by Gasteiger charge is 2.40. The summed E-state index contributed by atoms with van der Waals surface area (Å²) in [5.74, 6) is -1.59. The van der Waals surface area contributed by atoms with E-state index in [1.165, 1.54) is 0 Å². The van der Waals surface area contributed by atoms with E-state index >= 15 is 0 Å². The zero-order valence-electron chi connectivity index (χ0n) is 11.2. The lowest BCUT2D eigenvalue weighted by atomic mass is 10.0. The number of likely N-dealkylation sites (tertiary alicyclic amines) is 1. The van der Waals surface area contributed by atoms with Crippen LogP contribution in [0.1, 0.15) is 23.6 Å². The quantitative estimate of drug-likeness (QED) is 0.724. The number of benzene rings is 1. The molecule has 0 radical (unpaired) electrons. The third-order valence-corrected chi connectivity index (χ3v) is 3.55. The van der Waals surface area contributed by atoms with E-state index in [4.69, 9.17) is 10.8 Å². The largest absolute Gasteiger partial charge is 0.480 e. The Labute approximate surface area is 116 Å². The van der Waals surface area contributed by atoms with Crippen LogP contribution in [0.15, 0.2) is 24.3 Å². The third kappa shape index (κ3) is 2.81. The van der Waals surface area contributed by atoms with Crippen molar-refractivity contribution in [2.45, 2.75) is 31.5 Å². The standard InChI is InChI=1S/C14H18N2O4/c1-8-2-4-9(5-3-8)12(15)13(18)16-7-10(17)6-11(16)14(19)20/h2-5,10-12,17H,6-7,15H2,1H3,(H,19,20). The van der Waals surface area contributed by atoms with Crippen molar-refractivity contribution in [3.63, 3.8) is 0 Å². The maximum Gasteiger partial charge on any atom is 0.326 e. The second kappa shape index (κ2) is 5.60. The van der Waals surface area contributed by atoms with E-state index in [2.05, 4.69) is 0 Å². The number of rotatable bonds is 3. The van der Waals surface area contributed by atoms with Gasteiger partial charge in [-0.15, -0.1) is 0 Å². The van der Waals surface area contributed by atoms with Gasteiger partial charge in [0.15, 0.2) is 0 Å². The molecule has 0 bridgehead atoms. The Kier molecular flexibility index (Phi) is 4.06. The van der Waals surface area contributed by atoms with Crippen LogP contribution >= 0.6 is 0 Å². The Morgan fingerprint density at radius 1 is 1.35 bits per heavy atom. The summed E-state index contributed by atoms with van der Waals surface area (Å²) in [6, 6.07) is 5.27. The number of carboxylic acid groups (broad SMARTS) is 1. The van der Waals surface area contributed by atoms with Crippen LogP contribution in [0.5, 0.6) is 0 Å². The first kappa shape index (κ1) is 14.5. The highest BCUT2D eigenvalue weighted by Crippen LogP contribution is 2.23. The van der Waals surface area contributed by atoms with Crippen molar-refractivity contribution in [3.05, 3.63) is 35.4 Å². The second-order valence-corrected chi connectivity index (χ2v) is 5.12. The number of carbonyl (C=O) groups excluding carboxylic acids is 1. The Morgan fingerprint density at radius 2 is 1.95 bits per heavy atom. The lowest BCUT2D eigenvalue weighted by molar-refractivity contribution is -0.148. The van der Waals surface area contributed by atoms with Crippen molar-refractivity contribution in [2.75, 3.05) is 6.54 Å². The van der Waals surface area contributed by atoms with Crippen molar-refractivity contribution < 1.29 is 19.8 Å². The number of hydrogen-bond donors (Lipinski definition) is 3. The molecular weight excluding hydrogens is 260 g/mol. The fraction of sp³-hybridized carbons (Fsp3) is 0.429. The molecule has 6 heteroatoms. The summed E-state index contributed by atoms with van der Waals surface area (Å²) in [5, 5.41) is 18.7. The van der Waals surface area contributed by atoms with E-state index in [0.717, 1.165) is 10.5 Å². The molecule has 1 saturated heterocycles. The van der Waals surface area contributed by atoms with Crippen LogP contribution in [0.4, 0.5) is 0 Å². The van der Waals surface area contributed by atoms with Crippen molar-refractivity contribution in [1.29, 1.82) is 0 Å². The molecule has 0 aliphatic carbocycles. The van der Waals surface area contributed by atoms with Gasteiger partial charge in [0.2, 0.25) is 5.91 Å². The molecule has 1 heterocycles. The van der Waals surface area contributed by atoms with Crippen LogP contribution in [0.25, 0.3) is 0 Å². The average molecular weight is 278 g/mol. The van der Waals surface area contributed by atoms with Crippen molar-refractivity contribution in [3.8, 4) is 0 Å². The van der Waals surface area contributed by atoms with Crippen molar-refractivity contribution in [2.24, 2.45) is 5.73 Å². The predicted molar refractivity (Wildman–Crippen MR) is 71.9 cm³/mol. The number of amides is 1. The van der Waals surface area contributed by atoms with Gasteiger partial charge in [0, 0.05) is 13.0 Å². The molecule has 1 amide bonds. The minimum Gasteiger partial charge on any atom is -0.480 e. The summed E-state index contributed by atoms with van der Waals surface area (Å²) in [6.45, 7) is 1.93. The van der Waals surface area contributed by atoms with E-state index in [1.54, 1.807) is 12.1 Å². The smallest absolute Gasteiger partial charge is 0.326 e. The number of nitrogens with zero attached hydrogens (tertiary/aromatic N) is 1.